The third-order valence-electron chi connectivity index (χ3n) is 4.93. The summed E-state index contributed by atoms with van der Waals surface area (Å²) in [5, 5.41) is 10.1. The number of hydrogen-bond acceptors (Lipinski definition) is 2. The second-order valence-corrected chi connectivity index (χ2v) is 6.76. The van der Waals surface area contributed by atoms with Crippen LogP contribution in [-0.2, 0) is 4.79 Å². The molecular weight excluding hydrogens is 348 g/mol. The van der Waals surface area contributed by atoms with E-state index in [1.54, 1.807) is 0 Å². The van der Waals surface area contributed by atoms with E-state index < -0.39 is 5.97 Å². The zero-order chi connectivity index (χ0) is 19.5. The second kappa shape index (κ2) is 7.53. The van der Waals surface area contributed by atoms with Crippen LogP contribution in [0.25, 0.3) is 16.5 Å². The van der Waals surface area contributed by atoms with Crippen molar-refractivity contribution in [3.63, 3.8) is 0 Å². The van der Waals surface area contributed by atoms with Crippen molar-refractivity contribution in [1.29, 1.82) is 0 Å². The van der Waals surface area contributed by atoms with Gasteiger partial charge in [-0.1, -0.05) is 36.4 Å². The highest BCUT2D eigenvalue weighted by molar-refractivity contribution is 5.92. The molecule has 2 heterocycles. The molecule has 0 radical (unpaired) electrons. The third kappa shape index (κ3) is 3.45. The fourth-order valence-electron chi connectivity index (χ4n) is 3.60. The summed E-state index contributed by atoms with van der Waals surface area (Å²) in [7, 11) is 0. The largest absolute Gasteiger partial charge is 0.478 e. The van der Waals surface area contributed by atoms with E-state index >= 15 is 0 Å². The van der Waals surface area contributed by atoms with E-state index in [0.29, 0.717) is 0 Å². The molecule has 0 bridgehead atoms. The number of rotatable bonds is 5. The number of allylic oxidation sites excluding steroid dienone is 1. The highest BCUT2D eigenvalue weighted by atomic mass is 16.4. The van der Waals surface area contributed by atoms with E-state index in [-0.39, 0.29) is 6.04 Å². The number of benzene rings is 2. The summed E-state index contributed by atoms with van der Waals surface area (Å²) in [5.74, 6) is -0.933. The van der Waals surface area contributed by atoms with Crippen molar-refractivity contribution in [3.05, 3.63) is 108 Å². The van der Waals surface area contributed by atoms with Crippen molar-refractivity contribution in [3.8, 4) is 0 Å². The van der Waals surface area contributed by atoms with Gasteiger partial charge in [-0.25, -0.2) is 4.79 Å². The molecule has 0 amide bonds. The maximum absolute atomic E-state index is 11.0. The van der Waals surface area contributed by atoms with Crippen LogP contribution < -0.4 is 0 Å². The average Bonchev–Trinajstić information content (AvgIpc) is 3.12. The fourth-order valence-corrected chi connectivity index (χ4v) is 3.60. The van der Waals surface area contributed by atoms with Crippen molar-refractivity contribution in [2.75, 3.05) is 0 Å². The molecule has 4 rings (SSSR count). The van der Waals surface area contributed by atoms with Gasteiger partial charge in [-0.05, 0) is 59.5 Å². The van der Waals surface area contributed by atoms with Crippen molar-refractivity contribution in [1.82, 2.24) is 9.55 Å². The van der Waals surface area contributed by atoms with Crippen molar-refractivity contribution >= 4 is 22.4 Å². The van der Waals surface area contributed by atoms with Gasteiger partial charge in [-0.2, -0.15) is 0 Å². The third-order valence-corrected chi connectivity index (χ3v) is 4.93. The summed E-state index contributed by atoms with van der Waals surface area (Å²) in [6.07, 6.45) is 6.95. The molecule has 4 aromatic rings. The van der Waals surface area contributed by atoms with Crippen LogP contribution in [0, 0.1) is 0 Å². The Morgan fingerprint density at radius 1 is 1.00 bits per heavy atom. The Morgan fingerprint density at radius 2 is 1.71 bits per heavy atom. The molecule has 0 aliphatic rings. The van der Waals surface area contributed by atoms with Gasteiger partial charge in [0.1, 0.15) is 0 Å². The summed E-state index contributed by atoms with van der Waals surface area (Å²) < 4.78 is 2.25. The van der Waals surface area contributed by atoms with E-state index in [0.717, 1.165) is 27.6 Å². The number of hydrogen-bond donors (Lipinski definition) is 1. The number of aromatic nitrogens is 2. The number of carbonyl (C=O) groups is 1. The van der Waals surface area contributed by atoms with Crippen molar-refractivity contribution < 1.29 is 9.90 Å². The Hall–Kier alpha value is -3.66. The maximum atomic E-state index is 11.0. The zero-order valence-electron chi connectivity index (χ0n) is 15.5. The van der Waals surface area contributed by atoms with Gasteiger partial charge in [-0.3, -0.25) is 4.98 Å². The van der Waals surface area contributed by atoms with Gasteiger partial charge in [0.25, 0.3) is 0 Å². The molecule has 1 unspecified atom stereocenters. The van der Waals surface area contributed by atoms with Gasteiger partial charge in [0.15, 0.2) is 0 Å². The highest BCUT2D eigenvalue weighted by Crippen LogP contribution is 2.31. The Kier molecular flexibility index (Phi) is 4.77. The monoisotopic (exact) mass is 368 g/mol. The first kappa shape index (κ1) is 17.7. The lowest BCUT2D eigenvalue weighted by Crippen LogP contribution is -2.11. The predicted molar refractivity (Wildman–Crippen MR) is 111 cm³/mol. The summed E-state index contributed by atoms with van der Waals surface area (Å²) in [5.41, 5.74) is 5.09. The molecule has 4 nitrogen and oxygen atoms in total. The van der Waals surface area contributed by atoms with Crippen molar-refractivity contribution in [2.24, 2.45) is 0 Å². The van der Waals surface area contributed by atoms with E-state index in [2.05, 4.69) is 40.0 Å². The molecule has 1 atom stereocenters. The number of carboxylic acid groups (broad SMARTS) is 1. The summed E-state index contributed by atoms with van der Waals surface area (Å²) in [4.78, 5) is 15.1. The van der Waals surface area contributed by atoms with Gasteiger partial charge in [0.05, 0.1) is 6.04 Å². The van der Waals surface area contributed by atoms with Gasteiger partial charge in [0.2, 0.25) is 0 Å². The molecule has 1 N–H and O–H groups in total. The molecule has 0 spiro atoms. The topological polar surface area (TPSA) is 55.1 Å². The molecule has 2 aromatic heterocycles. The lowest BCUT2D eigenvalue weighted by molar-refractivity contribution is -0.131. The average molecular weight is 368 g/mol. The van der Waals surface area contributed by atoms with Crippen molar-refractivity contribution in [2.45, 2.75) is 13.0 Å². The number of carboxylic acids is 1. The first-order chi connectivity index (χ1) is 13.6. The SMILES string of the molecule is CC(=CC(=O)O)c1ccc2c(ccn2C(c2ccccc2)c2ccncc2)c1. The summed E-state index contributed by atoms with van der Waals surface area (Å²) >= 11 is 0. The Balaban J connectivity index is 1.85. The lowest BCUT2D eigenvalue weighted by atomic mass is 9.99. The molecule has 0 aliphatic carbocycles. The quantitative estimate of drug-likeness (QED) is 0.495. The fraction of sp³-hybridized carbons (Fsp3) is 0.0833. The molecular formula is C24H20N2O2. The van der Waals surface area contributed by atoms with E-state index in [1.165, 1.54) is 11.6 Å². The minimum atomic E-state index is -0.933. The molecule has 138 valence electrons. The van der Waals surface area contributed by atoms with E-state index in [1.807, 2.05) is 61.8 Å². The van der Waals surface area contributed by atoms with Crippen LogP contribution in [0.3, 0.4) is 0 Å². The molecule has 0 aliphatic heterocycles. The molecule has 28 heavy (non-hydrogen) atoms. The number of nitrogens with zero attached hydrogens (tertiary/aromatic N) is 2. The summed E-state index contributed by atoms with van der Waals surface area (Å²) in [6.45, 7) is 1.82. The van der Waals surface area contributed by atoms with Gasteiger partial charge < -0.3 is 9.67 Å². The van der Waals surface area contributed by atoms with Crippen LogP contribution in [0.2, 0.25) is 0 Å². The molecule has 0 saturated carbocycles. The smallest absolute Gasteiger partial charge is 0.328 e. The minimum absolute atomic E-state index is 0.0307. The number of pyridine rings is 1. The van der Waals surface area contributed by atoms with Crippen LogP contribution in [0.1, 0.15) is 29.7 Å². The number of aliphatic carboxylic acids is 1. The van der Waals surface area contributed by atoms with Gasteiger partial charge >= 0.3 is 5.97 Å². The maximum Gasteiger partial charge on any atom is 0.328 e. The van der Waals surface area contributed by atoms with Gasteiger partial charge in [0, 0.05) is 35.6 Å². The highest BCUT2D eigenvalue weighted by Gasteiger charge is 2.18. The molecule has 0 saturated heterocycles. The normalized spacial score (nSPS) is 12.8. The zero-order valence-corrected chi connectivity index (χ0v) is 15.5. The summed E-state index contributed by atoms with van der Waals surface area (Å²) in [6, 6.07) is 22.6. The first-order valence-electron chi connectivity index (χ1n) is 9.10. The van der Waals surface area contributed by atoms with E-state index in [9.17, 15) is 4.79 Å². The van der Waals surface area contributed by atoms with Crippen LogP contribution in [0.5, 0.6) is 0 Å². The number of fused-ring (bicyclic) bond motifs is 1. The van der Waals surface area contributed by atoms with E-state index in [4.69, 9.17) is 5.11 Å². The molecule has 0 fully saturated rings. The standard InChI is InChI=1S/C24H20N2O2/c1-17(15-23(27)28)20-7-8-22-21(16-20)11-14-26(22)24(18-5-3-2-4-6-18)19-9-12-25-13-10-19/h2-16,24H,1H3,(H,27,28). The first-order valence-corrected chi connectivity index (χ1v) is 9.10. The second-order valence-electron chi connectivity index (χ2n) is 6.76. The molecule has 2 aromatic carbocycles. The predicted octanol–water partition coefficient (Wildman–Crippen LogP) is 5.16. The Morgan fingerprint density at radius 3 is 2.43 bits per heavy atom. The van der Waals surface area contributed by atoms with Crippen LogP contribution in [0.4, 0.5) is 0 Å². The van der Waals surface area contributed by atoms with Crippen LogP contribution in [0.15, 0.2) is 91.4 Å². The Labute approximate surface area is 163 Å². The minimum Gasteiger partial charge on any atom is -0.478 e. The Bertz CT molecular complexity index is 1110. The van der Waals surface area contributed by atoms with Gasteiger partial charge in [-0.15, -0.1) is 0 Å². The van der Waals surface area contributed by atoms with Crippen LogP contribution >= 0.6 is 0 Å². The van der Waals surface area contributed by atoms with Crippen LogP contribution in [-0.4, -0.2) is 20.6 Å². The lowest BCUT2D eigenvalue weighted by Gasteiger charge is -2.21. The molecule has 4 heteroatoms.